The lowest BCUT2D eigenvalue weighted by atomic mass is 9.83. The molecule has 5 rings (SSSR count). The van der Waals surface area contributed by atoms with Gasteiger partial charge in [0.25, 0.3) is 0 Å². The van der Waals surface area contributed by atoms with Crippen LogP contribution in [0.3, 0.4) is 0 Å². The number of fused-ring (bicyclic) bond motifs is 2. The number of hydrogen-bond acceptors (Lipinski definition) is 6. The first kappa shape index (κ1) is 31.4. The van der Waals surface area contributed by atoms with Crippen LogP contribution < -0.4 is 0 Å². The molecule has 2 aromatic rings. The third kappa shape index (κ3) is 6.59. The number of benzene rings is 2. The van der Waals surface area contributed by atoms with Gasteiger partial charge >= 0.3 is 0 Å². The van der Waals surface area contributed by atoms with Gasteiger partial charge in [-0.25, -0.2) is 21.6 Å². The number of rotatable bonds is 9. The molecule has 43 heavy (non-hydrogen) atoms. The van der Waals surface area contributed by atoms with Gasteiger partial charge in [0, 0.05) is 39.3 Å². The van der Waals surface area contributed by atoms with Crippen LogP contribution in [0.4, 0.5) is 13.2 Å². The topological polar surface area (TPSA) is 90.5 Å². The van der Waals surface area contributed by atoms with Crippen molar-refractivity contribution in [3.8, 4) is 0 Å². The zero-order valence-corrected chi connectivity index (χ0v) is 25.2. The quantitative estimate of drug-likeness (QED) is 0.427. The zero-order valence-electron chi connectivity index (χ0n) is 24.4. The highest BCUT2D eigenvalue weighted by Crippen LogP contribution is 2.44. The summed E-state index contributed by atoms with van der Waals surface area (Å²) in [5.74, 6) is -3.51. The summed E-state index contributed by atoms with van der Waals surface area (Å²) >= 11 is 0. The molecule has 0 saturated carbocycles. The predicted molar refractivity (Wildman–Crippen MR) is 153 cm³/mol. The Hall–Kier alpha value is -3.00. The van der Waals surface area contributed by atoms with Crippen LogP contribution in [0.1, 0.15) is 48.9 Å². The van der Waals surface area contributed by atoms with Gasteiger partial charge in [-0.1, -0.05) is 12.1 Å². The van der Waals surface area contributed by atoms with Crippen molar-refractivity contribution in [3.63, 3.8) is 0 Å². The maximum absolute atomic E-state index is 14.3. The first-order valence-corrected chi connectivity index (χ1v) is 16.4. The molecule has 0 bridgehead atoms. The smallest absolute Gasteiger partial charge is 0.250 e. The van der Waals surface area contributed by atoms with Gasteiger partial charge in [0.1, 0.15) is 11.9 Å². The van der Waals surface area contributed by atoms with Gasteiger partial charge in [-0.15, -0.1) is 0 Å². The van der Waals surface area contributed by atoms with Gasteiger partial charge in [-0.05, 0) is 73.7 Å². The third-order valence-corrected chi connectivity index (χ3v) is 10.1. The van der Waals surface area contributed by atoms with E-state index in [1.807, 2.05) is 6.92 Å². The van der Waals surface area contributed by atoms with Crippen molar-refractivity contribution >= 4 is 21.8 Å². The number of nitrogens with zero attached hydrogens (tertiary/aromatic N) is 4. The average Bonchev–Trinajstić information content (AvgIpc) is 3.31. The molecular weight excluding hydrogens is 585 g/mol. The molecule has 0 N–H and O–H groups in total. The first-order chi connectivity index (χ1) is 20.4. The summed E-state index contributed by atoms with van der Waals surface area (Å²) in [6.45, 7) is 4.70. The third-order valence-electron chi connectivity index (χ3n) is 8.82. The Morgan fingerprint density at radius 1 is 1.05 bits per heavy atom. The van der Waals surface area contributed by atoms with Crippen molar-refractivity contribution in [2.45, 2.75) is 44.4 Å². The van der Waals surface area contributed by atoms with Crippen LogP contribution in [0.15, 0.2) is 36.4 Å². The largest absolute Gasteiger partial charge is 0.365 e. The Morgan fingerprint density at radius 2 is 1.79 bits per heavy atom. The molecule has 1 spiro atoms. The lowest BCUT2D eigenvalue weighted by molar-refractivity contribution is -0.148. The van der Waals surface area contributed by atoms with Gasteiger partial charge in [0.15, 0.2) is 11.6 Å². The van der Waals surface area contributed by atoms with Gasteiger partial charge in [0.2, 0.25) is 21.8 Å². The van der Waals surface area contributed by atoms with E-state index in [9.17, 15) is 31.2 Å². The van der Waals surface area contributed by atoms with Gasteiger partial charge in [0.05, 0.1) is 25.0 Å². The summed E-state index contributed by atoms with van der Waals surface area (Å²) in [6.07, 6.45) is 3.12. The van der Waals surface area contributed by atoms with Crippen LogP contribution in [0.25, 0.3) is 0 Å². The van der Waals surface area contributed by atoms with Gasteiger partial charge in [-0.3, -0.25) is 9.59 Å². The second-order valence-corrected chi connectivity index (χ2v) is 13.4. The highest BCUT2D eigenvalue weighted by molar-refractivity contribution is 7.88. The number of likely N-dealkylation sites (tertiary alicyclic amines) is 1. The fourth-order valence-corrected chi connectivity index (χ4v) is 7.14. The van der Waals surface area contributed by atoms with E-state index in [1.54, 1.807) is 17.0 Å². The standard InChI is InChI=1S/C30H37F3N4O5S/c1-3-35(12-4-11-34-13-9-30(10-14-34)24-18-23(31)7-5-22(24)20-42-30)29(39)28(21-6-8-25(32)26(33)17-21)37-16-15-36(19-27(37)38)43(2,40)41/h5-8,17-18,28H,3-4,9-16,19-20H2,1-2H3. The van der Waals surface area contributed by atoms with E-state index in [0.29, 0.717) is 32.7 Å². The van der Waals surface area contributed by atoms with Crippen molar-refractivity contribution in [2.24, 2.45) is 0 Å². The Labute approximate surface area is 250 Å². The number of carbonyl (C=O) groups is 2. The van der Waals surface area contributed by atoms with Crippen LogP contribution in [0, 0.1) is 17.5 Å². The summed E-state index contributed by atoms with van der Waals surface area (Å²) in [7, 11) is -3.62. The summed E-state index contributed by atoms with van der Waals surface area (Å²) < 4.78 is 73.2. The van der Waals surface area contributed by atoms with Crippen LogP contribution in [-0.4, -0.2) is 97.9 Å². The number of ether oxygens (including phenoxy) is 1. The second kappa shape index (κ2) is 12.5. The Morgan fingerprint density at radius 3 is 2.44 bits per heavy atom. The molecular formula is C30H37F3N4O5S. The van der Waals surface area contributed by atoms with Crippen molar-refractivity contribution in [1.29, 1.82) is 0 Å². The number of sulfonamides is 1. The molecule has 2 aromatic carbocycles. The van der Waals surface area contributed by atoms with Crippen molar-refractivity contribution < 1.29 is 35.9 Å². The van der Waals surface area contributed by atoms with Crippen LogP contribution in [0.5, 0.6) is 0 Å². The molecule has 1 atom stereocenters. The number of amides is 2. The number of carbonyl (C=O) groups excluding carboxylic acids is 2. The molecule has 2 saturated heterocycles. The van der Waals surface area contributed by atoms with E-state index in [0.717, 1.165) is 59.8 Å². The monoisotopic (exact) mass is 622 g/mol. The molecule has 2 amide bonds. The number of hydrogen-bond donors (Lipinski definition) is 0. The molecule has 3 heterocycles. The molecule has 234 valence electrons. The summed E-state index contributed by atoms with van der Waals surface area (Å²) in [6, 6.07) is 6.72. The molecule has 13 heteroatoms. The lowest BCUT2D eigenvalue weighted by Gasteiger charge is -2.40. The second-order valence-electron chi connectivity index (χ2n) is 11.5. The average molecular weight is 623 g/mol. The maximum atomic E-state index is 14.3. The molecule has 0 aromatic heterocycles. The van der Waals surface area contributed by atoms with Gasteiger partial charge in [-0.2, -0.15) is 4.31 Å². The van der Waals surface area contributed by atoms with Gasteiger partial charge < -0.3 is 19.4 Å². The first-order valence-electron chi connectivity index (χ1n) is 14.6. The van der Waals surface area contributed by atoms with Crippen molar-refractivity contribution in [3.05, 3.63) is 70.5 Å². The SMILES string of the molecule is CCN(CCCN1CCC2(CC1)OCc1ccc(F)cc12)C(=O)C(c1ccc(F)c(F)c1)N1CCN(S(C)(=O)=O)CC1=O. The molecule has 3 aliphatic heterocycles. The normalized spacial score (nSPS) is 19.9. The minimum Gasteiger partial charge on any atom is -0.365 e. The number of piperazine rings is 1. The van der Waals surface area contributed by atoms with E-state index in [2.05, 4.69) is 4.90 Å². The van der Waals surface area contributed by atoms with E-state index >= 15 is 0 Å². The molecule has 2 fully saturated rings. The van der Waals surface area contributed by atoms with Crippen molar-refractivity contribution in [1.82, 2.24) is 19.0 Å². The van der Waals surface area contributed by atoms with E-state index in [-0.39, 0.29) is 24.5 Å². The highest BCUT2D eigenvalue weighted by Gasteiger charge is 2.43. The summed E-state index contributed by atoms with van der Waals surface area (Å²) in [5.41, 5.74) is 1.62. The van der Waals surface area contributed by atoms with Crippen LogP contribution in [0.2, 0.25) is 0 Å². The lowest BCUT2D eigenvalue weighted by Crippen LogP contribution is -2.55. The minimum absolute atomic E-state index is 0.0125. The van der Waals surface area contributed by atoms with E-state index in [4.69, 9.17) is 4.74 Å². The fourth-order valence-electron chi connectivity index (χ4n) is 6.39. The fraction of sp³-hybridized carbons (Fsp3) is 0.533. The molecule has 9 nitrogen and oxygen atoms in total. The van der Waals surface area contributed by atoms with E-state index < -0.39 is 51.7 Å². The Kier molecular flexibility index (Phi) is 9.17. The Bertz CT molecular complexity index is 1480. The Balaban J connectivity index is 1.24. The number of likely N-dealkylation sites (N-methyl/N-ethyl adjacent to an activating group) is 1. The predicted octanol–water partition coefficient (Wildman–Crippen LogP) is 3.01. The van der Waals surface area contributed by atoms with Crippen molar-refractivity contribution in [2.75, 3.05) is 58.6 Å². The number of piperidine rings is 1. The van der Waals surface area contributed by atoms with E-state index in [1.165, 1.54) is 17.0 Å². The molecule has 0 radical (unpaired) electrons. The maximum Gasteiger partial charge on any atom is 0.250 e. The highest BCUT2D eigenvalue weighted by atomic mass is 32.2. The zero-order chi connectivity index (χ0) is 30.9. The summed E-state index contributed by atoms with van der Waals surface area (Å²) in [4.78, 5) is 32.1. The molecule has 3 aliphatic rings. The van der Waals surface area contributed by atoms with Crippen LogP contribution in [-0.2, 0) is 36.6 Å². The molecule has 0 aliphatic carbocycles. The molecule has 1 unspecified atom stereocenters. The van der Waals surface area contributed by atoms with Crippen LogP contribution >= 0.6 is 0 Å². The number of halogens is 3. The minimum atomic E-state index is -3.62. The summed E-state index contributed by atoms with van der Waals surface area (Å²) in [5, 5.41) is 0.